The van der Waals surface area contributed by atoms with E-state index in [1.807, 2.05) is 6.07 Å². The van der Waals surface area contributed by atoms with Crippen LogP contribution in [0.2, 0.25) is 0 Å². The average Bonchev–Trinajstić information content (AvgIpc) is 3.52. The van der Waals surface area contributed by atoms with Gasteiger partial charge in [-0.3, -0.25) is 4.98 Å². The van der Waals surface area contributed by atoms with E-state index in [1.165, 1.54) is 0 Å². The second kappa shape index (κ2) is 8.43. The third-order valence-corrected chi connectivity index (χ3v) is 5.76. The van der Waals surface area contributed by atoms with Gasteiger partial charge in [0.15, 0.2) is 11.6 Å². The van der Waals surface area contributed by atoms with Gasteiger partial charge in [0.05, 0.1) is 6.10 Å². The van der Waals surface area contributed by atoms with Crippen LogP contribution in [0.3, 0.4) is 0 Å². The molecule has 2 fully saturated rings. The number of aromatic nitrogens is 3. The monoisotopic (exact) mass is 412 g/mol. The van der Waals surface area contributed by atoms with Gasteiger partial charge in [-0.2, -0.15) is 4.98 Å². The normalized spacial score (nSPS) is 20.1. The maximum Gasteiger partial charge on any atom is 0.409 e. The number of carbonyl (C=O) groups excluding carboxylic acids is 1. The maximum atomic E-state index is 12.2. The first-order chi connectivity index (χ1) is 14.7. The Morgan fingerprint density at radius 1 is 1.27 bits per heavy atom. The second-order valence-corrected chi connectivity index (χ2v) is 7.89. The lowest BCUT2D eigenvalue weighted by atomic mass is 9.93. The molecule has 0 radical (unpaired) electrons. The average molecular weight is 412 g/mol. The summed E-state index contributed by atoms with van der Waals surface area (Å²) in [7, 11) is 0. The SMILES string of the molecule is O=C(OC[C@H]1CCCO1)N1CCC(Cc2noc(-c3cc4cnccc4o3)n2)CC1. The summed E-state index contributed by atoms with van der Waals surface area (Å²) in [6.45, 7) is 2.47. The van der Waals surface area contributed by atoms with Gasteiger partial charge in [-0.25, -0.2) is 4.79 Å². The Morgan fingerprint density at radius 2 is 2.17 bits per heavy atom. The molecule has 2 aliphatic heterocycles. The molecule has 30 heavy (non-hydrogen) atoms. The van der Waals surface area contributed by atoms with Crippen molar-refractivity contribution in [2.24, 2.45) is 5.92 Å². The van der Waals surface area contributed by atoms with E-state index >= 15 is 0 Å². The van der Waals surface area contributed by atoms with E-state index in [2.05, 4.69) is 15.1 Å². The number of pyridine rings is 1. The second-order valence-electron chi connectivity index (χ2n) is 7.89. The number of hydrogen-bond donors (Lipinski definition) is 0. The summed E-state index contributed by atoms with van der Waals surface area (Å²) in [6.07, 6.45) is 7.71. The van der Waals surface area contributed by atoms with Crippen LogP contribution in [-0.2, 0) is 15.9 Å². The fourth-order valence-corrected chi connectivity index (χ4v) is 4.04. The van der Waals surface area contributed by atoms with Gasteiger partial charge in [-0.1, -0.05) is 5.16 Å². The van der Waals surface area contributed by atoms with Gasteiger partial charge >= 0.3 is 6.09 Å². The number of ether oxygens (including phenoxy) is 2. The number of hydrogen-bond acceptors (Lipinski definition) is 8. The number of piperidine rings is 1. The Hall–Kier alpha value is -2.94. The molecule has 9 nitrogen and oxygen atoms in total. The lowest BCUT2D eigenvalue weighted by molar-refractivity contribution is 0.0257. The highest BCUT2D eigenvalue weighted by Gasteiger charge is 2.26. The standard InChI is InChI=1S/C21H24N4O5/c26-21(28-13-16-2-1-9-27-16)25-7-4-14(5-8-25)10-19-23-20(30-24-19)18-11-15-12-22-6-3-17(15)29-18/h3,6,11-12,14,16H,1-2,4-5,7-10,13H2/t16-/m1/s1. The Bertz CT molecular complexity index is 969. The van der Waals surface area contributed by atoms with Crippen LogP contribution in [0.4, 0.5) is 4.79 Å². The highest BCUT2D eigenvalue weighted by Crippen LogP contribution is 2.27. The highest BCUT2D eigenvalue weighted by atomic mass is 16.6. The van der Waals surface area contributed by atoms with Crippen molar-refractivity contribution in [3.05, 3.63) is 30.4 Å². The zero-order valence-corrected chi connectivity index (χ0v) is 16.7. The summed E-state index contributed by atoms with van der Waals surface area (Å²) >= 11 is 0. The maximum absolute atomic E-state index is 12.2. The molecule has 0 saturated carbocycles. The Kier molecular flexibility index (Phi) is 5.35. The molecule has 3 aromatic rings. The van der Waals surface area contributed by atoms with Gasteiger partial charge in [0.2, 0.25) is 0 Å². The van der Waals surface area contributed by atoms with E-state index in [4.69, 9.17) is 18.4 Å². The Morgan fingerprint density at radius 3 is 2.97 bits per heavy atom. The molecule has 0 spiro atoms. The summed E-state index contributed by atoms with van der Waals surface area (Å²) in [5, 5.41) is 5.00. The molecule has 1 atom stereocenters. The fraction of sp³-hybridized carbons (Fsp3) is 0.524. The van der Waals surface area contributed by atoms with Gasteiger partial charge in [0, 0.05) is 43.9 Å². The minimum Gasteiger partial charge on any atom is -0.451 e. The molecule has 0 aromatic carbocycles. The molecule has 158 valence electrons. The quantitative estimate of drug-likeness (QED) is 0.628. The van der Waals surface area contributed by atoms with Crippen molar-refractivity contribution in [3.8, 4) is 11.7 Å². The summed E-state index contributed by atoms with van der Waals surface area (Å²) in [4.78, 5) is 22.6. The van der Waals surface area contributed by atoms with Crippen LogP contribution in [0.25, 0.3) is 22.6 Å². The van der Waals surface area contributed by atoms with Crippen LogP contribution < -0.4 is 0 Å². The first-order valence-corrected chi connectivity index (χ1v) is 10.4. The van der Waals surface area contributed by atoms with E-state index in [1.54, 1.807) is 23.4 Å². The van der Waals surface area contributed by atoms with Crippen LogP contribution in [-0.4, -0.2) is 58.5 Å². The first kappa shape index (κ1) is 19.0. The minimum absolute atomic E-state index is 0.0574. The van der Waals surface area contributed by atoms with Crippen molar-refractivity contribution < 1.29 is 23.2 Å². The number of rotatable bonds is 5. The number of likely N-dealkylation sites (tertiary alicyclic amines) is 1. The van der Waals surface area contributed by atoms with Crippen molar-refractivity contribution in [2.45, 2.75) is 38.2 Å². The molecule has 2 saturated heterocycles. The lowest BCUT2D eigenvalue weighted by Gasteiger charge is -2.31. The van der Waals surface area contributed by atoms with Gasteiger partial charge in [0.1, 0.15) is 12.2 Å². The van der Waals surface area contributed by atoms with Gasteiger partial charge in [0.25, 0.3) is 5.89 Å². The van der Waals surface area contributed by atoms with Crippen LogP contribution in [0.1, 0.15) is 31.5 Å². The summed E-state index contributed by atoms with van der Waals surface area (Å²) in [5.41, 5.74) is 0.735. The van der Waals surface area contributed by atoms with E-state index in [-0.39, 0.29) is 12.2 Å². The smallest absolute Gasteiger partial charge is 0.409 e. The number of amides is 1. The number of furan rings is 1. The number of carbonyl (C=O) groups is 1. The van der Waals surface area contributed by atoms with Gasteiger partial charge in [-0.05, 0) is 43.7 Å². The van der Waals surface area contributed by atoms with Crippen LogP contribution >= 0.6 is 0 Å². The molecule has 0 bridgehead atoms. The van der Waals surface area contributed by atoms with Crippen molar-refractivity contribution in [2.75, 3.05) is 26.3 Å². The van der Waals surface area contributed by atoms with Gasteiger partial charge in [-0.15, -0.1) is 0 Å². The molecule has 2 aliphatic rings. The highest BCUT2D eigenvalue weighted by molar-refractivity contribution is 5.80. The molecule has 1 amide bonds. The predicted octanol–water partition coefficient (Wildman–Crippen LogP) is 3.45. The zero-order valence-electron chi connectivity index (χ0n) is 16.7. The molecule has 5 rings (SSSR count). The minimum atomic E-state index is -0.245. The van der Waals surface area contributed by atoms with Crippen LogP contribution in [0.15, 0.2) is 33.5 Å². The largest absolute Gasteiger partial charge is 0.451 e. The van der Waals surface area contributed by atoms with E-state index in [9.17, 15) is 4.79 Å². The van der Waals surface area contributed by atoms with E-state index in [0.717, 1.165) is 43.3 Å². The summed E-state index contributed by atoms with van der Waals surface area (Å²) in [5.74, 6) is 1.97. The topological polar surface area (TPSA) is 104 Å². The van der Waals surface area contributed by atoms with Crippen LogP contribution in [0.5, 0.6) is 0 Å². The molecule has 0 N–H and O–H groups in total. The van der Waals surface area contributed by atoms with E-state index < -0.39 is 0 Å². The third kappa shape index (κ3) is 4.16. The molecular weight excluding hydrogens is 388 g/mol. The zero-order chi connectivity index (χ0) is 20.3. The summed E-state index contributed by atoms with van der Waals surface area (Å²) in [6, 6.07) is 3.65. The Labute approximate surface area is 173 Å². The first-order valence-electron chi connectivity index (χ1n) is 10.4. The van der Waals surface area contributed by atoms with Crippen LogP contribution in [0, 0.1) is 5.92 Å². The molecule has 3 aromatic heterocycles. The number of nitrogens with zero attached hydrogens (tertiary/aromatic N) is 4. The van der Waals surface area contributed by atoms with E-state index in [0.29, 0.717) is 49.5 Å². The molecule has 5 heterocycles. The van der Waals surface area contributed by atoms with Crippen molar-refractivity contribution in [1.29, 1.82) is 0 Å². The lowest BCUT2D eigenvalue weighted by Crippen LogP contribution is -2.40. The van der Waals surface area contributed by atoms with Crippen molar-refractivity contribution in [1.82, 2.24) is 20.0 Å². The number of fused-ring (bicyclic) bond motifs is 1. The molecular formula is C21H24N4O5. The molecule has 9 heteroatoms. The molecule has 0 unspecified atom stereocenters. The Balaban J connectivity index is 1.12. The third-order valence-electron chi connectivity index (χ3n) is 5.76. The summed E-state index contributed by atoms with van der Waals surface area (Å²) < 4.78 is 22.0. The van der Waals surface area contributed by atoms with Crippen molar-refractivity contribution in [3.63, 3.8) is 0 Å². The molecule has 0 aliphatic carbocycles. The fourth-order valence-electron chi connectivity index (χ4n) is 4.04. The van der Waals surface area contributed by atoms with Gasteiger partial charge < -0.3 is 23.3 Å². The predicted molar refractivity (Wildman–Crippen MR) is 106 cm³/mol. The van der Waals surface area contributed by atoms with Crippen molar-refractivity contribution >= 4 is 17.1 Å².